The standard InChI is InChI=1S/C15H19N3O2/c1-18-13(10-20-11-6-2-3-7-11)15(16-17-18)12-8-4-5-9-14(12)19/h4-5,8-9,11,19H,2-3,6-7,10H2,1H3. The second-order valence-corrected chi connectivity index (χ2v) is 5.24. The largest absolute Gasteiger partial charge is 0.507 e. The second kappa shape index (κ2) is 5.63. The summed E-state index contributed by atoms with van der Waals surface area (Å²) in [6, 6.07) is 7.18. The third-order valence-corrected chi connectivity index (χ3v) is 3.86. The number of phenolic OH excluding ortho intramolecular Hbond substituents is 1. The molecule has 2 aromatic rings. The Kier molecular flexibility index (Phi) is 3.69. The van der Waals surface area contributed by atoms with Crippen LogP contribution >= 0.6 is 0 Å². The molecule has 0 aliphatic heterocycles. The first-order valence-corrected chi connectivity index (χ1v) is 7.04. The second-order valence-electron chi connectivity index (χ2n) is 5.24. The number of para-hydroxylation sites is 1. The number of nitrogens with zero attached hydrogens (tertiary/aromatic N) is 3. The van der Waals surface area contributed by atoms with Crippen LogP contribution in [-0.4, -0.2) is 26.2 Å². The zero-order chi connectivity index (χ0) is 13.9. The topological polar surface area (TPSA) is 60.2 Å². The van der Waals surface area contributed by atoms with Crippen LogP contribution in [0.25, 0.3) is 11.3 Å². The number of benzene rings is 1. The Labute approximate surface area is 118 Å². The van der Waals surface area contributed by atoms with E-state index in [4.69, 9.17) is 4.74 Å². The molecule has 0 spiro atoms. The fourth-order valence-corrected chi connectivity index (χ4v) is 2.67. The van der Waals surface area contributed by atoms with Gasteiger partial charge in [0.05, 0.1) is 18.4 Å². The van der Waals surface area contributed by atoms with E-state index in [1.54, 1.807) is 16.8 Å². The zero-order valence-electron chi connectivity index (χ0n) is 11.6. The van der Waals surface area contributed by atoms with Crippen LogP contribution in [0.3, 0.4) is 0 Å². The lowest BCUT2D eigenvalue weighted by Crippen LogP contribution is -2.10. The molecule has 3 rings (SSSR count). The summed E-state index contributed by atoms with van der Waals surface area (Å²) in [5, 5.41) is 18.2. The number of hydrogen-bond donors (Lipinski definition) is 1. The molecule has 1 aromatic carbocycles. The molecular formula is C15H19N3O2. The van der Waals surface area contributed by atoms with Crippen molar-refractivity contribution < 1.29 is 9.84 Å². The van der Waals surface area contributed by atoms with Gasteiger partial charge in [0.1, 0.15) is 11.4 Å². The maximum Gasteiger partial charge on any atom is 0.125 e. The molecule has 0 unspecified atom stereocenters. The van der Waals surface area contributed by atoms with Gasteiger partial charge in [-0.15, -0.1) is 5.10 Å². The Hall–Kier alpha value is -1.88. The highest BCUT2D eigenvalue weighted by Gasteiger charge is 2.19. The lowest BCUT2D eigenvalue weighted by atomic mass is 10.1. The molecule has 1 fully saturated rings. The van der Waals surface area contributed by atoms with Gasteiger partial charge >= 0.3 is 0 Å². The van der Waals surface area contributed by atoms with Crippen LogP contribution in [0.4, 0.5) is 0 Å². The Bertz CT molecular complexity index is 589. The quantitative estimate of drug-likeness (QED) is 0.930. The zero-order valence-corrected chi connectivity index (χ0v) is 11.6. The predicted octanol–water partition coefficient (Wildman–Crippen LogP) is 2.65. The molecule has 5 nitrogen and oxygen atoms in total. The minimum Gasteiger partial charge on any atom is -0.507 e. The fraction of sp³-hybridized carbons (Fsp3) is 0.467. The van der Waals surface area contributed by atoms with Gasteiger partial charge in [0.15, 0.2) is 0 Å². The first kappa shape index (κ1) is 13.1. The molecule has 0 atom stereocenters. The summed E-state index contributed by atoms with van der Waals surface area (Å²) in [6.45, 7) is 0.484. The van der Waals surface area contributed by atoms with Gasteiger partial charge in [-0.1, -0.05) is 30.2 Å². The van der Waals surface area contributed by atoms with Gasteiger partial charge in [0.2, 0.25) is 0 Å². The SMILES string of the molecule is Cn1nnc(-c2ccccc2O)c1COC1CCCC1. The number of hydrogen-bond acceptors (Lipinski definition) is 4. The molecule has 1 heterocycles. The maximum atomic E-state index is 9.96. The van der Waals surface area contributed by atoms with Crippen LogP contribution in [0, 0.1) is 0 Å². The van der Waals surface area contributed by atoms with Crippen molar-refractivity contribution in [2.75, 3.05) is 0 Å². The highest BCUT2D eigenvalue weighted by molar-refractivity contribution is 5.68. The molecular weight excluding hydrogens is 254 g/mol. The van der Waals surface area contributed by atoms with Crippen LogP contribution in [0.5, 0.6) is 5.75 Å². The molecule has 0 amide bonds. The normalized spacial score (nSPS) is 15.8. The monoisotopic (exact) mass is 273 g/mol. The van der Waals surface area contributed by atoms with E-state index in [1.807, 2.05) is 19.2 Å². The third-order valence-electron chi connectivity index (χ3n) is 3.86. The number of aryl methyl sites for hydroxylation is 1. The van der Waals surface area contributed by atoms with Gasteiger partial charge in [-0.2, -0.15) is 0 Å². The Morgan fingerprint density at radius 2 is 2.05 bits per heavy atom. The van der Waals surface area contributed by atoms with Crippen molar-refractivity contribution in [3.05, 3.63) is 30.0 Å². The Morgan fingerprint density at radius 3 is 2.80 bits per heavy atom. The summed E-state index contributed by atoms with van der Waals surface area (Å²) < 4.78 is 7.67. The van der Waals surface area contributed by atoms with Crippen molar-refractivity contribution in [1.82, 2.24) is 15.0 Å². The van der Waals surface area contributed by atoms with Crippen LogP contribution in [-0.2, 0) is 18.4 Å². The van der Waals surface area contributed by atoms with E-state index in [0.717, 1.165) is 18.5 Å². The van der Waals surface area contributed by atoms with E-state index in [2.05, 4.69) is 10.3 Å². The summed E-state index contributed by atoms with van der Waals surface area (Å²) in [4.78, 5) is 0. The number of aromatic nitrogens is 3. The van der Waals surface area contributed by atoms with Crippen LogP contribution in [0.1, 0.15) is 31.4 Å². The van der Waals surface area contributed by atoms with Crippen LogP contribution in [0.2, 0.25) is 0 Å². The molecule has 106 valence electrons. The molecule has 0 saturated heterocycles. The Morgan fingerprint density at radius 1 is 1.30 bits per heavy atom. The first-order valence-electron chi connectivity index (χ1n) is 7.04. The van der Waals surface area contributed by atoms with Gasteiger partial charge in [-0.25, -0.2) is 4.68 Å². The van der Waals surface area contributed by atoms with E-state index in [9.17, 15) is 5.11 Å². The number of aromatic hydroxyl groups is 1. The number of rotatable bonds is 4. The van der Waals surface area contributed by atoms with Crippen LogP contribution < -0.4 is 0 Å². The van der Waals surface area contributed by atoms with Crippen molar-refractivity contribution in [3.63, 3.8) is 0 Å². The van der Waals surface area contributed by atoms with Crippen molar-refractivity contribution in [2.45, 2.75) is 38.4 Å². The molecule has 0 bridgehead atoms. The number of ether oxygens (including phenoxy) is 1. The van der Waals surface area contributed by atoms with Gasteiger partial charge in [0, 0.05) is 12.6 Å². The summed E-state index contributed by atoms with van der Waals surface area (Å²) in [5.74, 6) is 0.218. The molecule has 1 aliphatic rings. The van der Waals surface area contributed by atoms with Gasteiger partial charge < -0.3 is 9.84 Å². The summed E-state index contributed by atoms with van der Waals surface area (Å²) in [7, 11) is 1.85. The van der Waals surface area contributed by atoms with Gasteiger partial charge in [-0.05, 0) is 25.0 Å². The van der Waals surface area contributed by atoms with Crippen molar-refractivity contribution in [2.24, 2.45) is 7.05 Å². The summed E-state index contributed by atoms with van der Waals surface area (Å²) in [6.07, 6.45) is 5.12. The molecule has 1 N–H and O–H groups in total. The molecule has 0 radical (unpaired) electrons. The lowest BCUT2D eigenvalue weighted by Gasteiger charge is -2.12. The van der Waals surface area contributed by atoms with Crippen LogP contribution in [0.15, 0.2) is 24.3 Å². The third kappa shape index (κ3) is 2.54. The molecule has 5 heteroatoms. The van der Waals surface area contributed by atoms with Crippen molar-refractivity contribution in [1.29, 1.82) is 0 Å². The van der Waals surface area contributed by atoms with Gasteiger partial charge in [-0.3, -0.25) is 0 Å². The summed E-state index contributed by atoms with van der Waals surface area (Å²) >= 11 is 0. The minimum absolute atomic E-state index is 0.218. The highest BCUT2D eigenvalue weighted by Crippen LogP contribution is 2.30. The molecule has 1 saturated carbocycles. The average Bonchev–Trinajstić information content (AvgIpc) is 3.07. The van der Waals surface area contributed by atoms with E-state index in [0.29, 0.717) is 24.0 Å². The maximum absolute atomic E-state index is 9.96. The van der Waals surface area contributed by atoms with E-state index >= 15 is 0 Å². The number of phenols is 1. The molecule has 1 aromatic heterocycles. The smallest absolute Gasteiger partial charge is 0.125 e. The summed E-state index contributed by atoms with van der Waals surface area (Å²) in [5.41, 5.74) is 2.30. The van der Waals surface area contributed by atoms with Crippen molar-refractivity contribution in [3.8, 4) is 17.0 Å². The lowest BCUT2D eigenvalue weighted by molar-refractivity contribution is 0.0423. The van der Waals surface area contributed by atoms with Gasteiger partial charge in [0.25, 0.3) is 0 Å². The fourth-order valence-electron chi connectivity index (χ4n) is 2.67. The molecule has 1 aliphatic carbocycles. The first-order chi connectivity index (χ1) is 9.75. The minimum atomic E-state index is 0.218. The Balaban J connectivity index is 1.83. The highest BCUT2D eigenvalue weighted by atomic mass is 16.5. The van der Waals surface area contributed by atoms with E-state index < -0.39 is 0 Å². The van der Waals surface area contributed by atoms with E-state index in [1.165, 1.54) is 12.8 Å². The van der Waals surface area contributed by atoms with Crippen molar-refractivity contribution >= 4 is 0 Å². The van der Waals surface area contributed by atoms with E-state index in [-0.39, 0.29) is 5.75 Å². The molecule has 20 heavy (non-hydrogen) atoms. The average molecular weight is 273 g/mol. The predicted molar refractivity (Wildman–Crippen MR) is 75.1 cm³/mol.